The Hall–Kier alpha value is -2.36. The average Bonchev–Trinajstić information content (AvgIpc) is 2.79. The number of aryl methyl sites for hydroxylation is 3. The lowest BCUT2D eigenvalue weighted by Gasteiger charge is -2.11. The molecule has 108 valence electrons. The maximum Gasteiger partial charge on any atom is 0.155 e. The summed E-state index contributed by atoms with van der Waals surface area (Å²) < 4.78 is 0. The number of fused-ring (bicyclic) bond motifs is 1. The van der Waals surface area contributed by atoms with Crippen molar-refractivity contribution in [3.05, 3.63) is 46.8 Å². The summed E-state index contributed by atoms with van der Waals surface area (Å²) in [5.74, 6) is 0.874. The van der Waals surface area contributed by atoms with Crippen molar-refractivity contribution in [2.24, 2.45) is 0 Å². The van der Waals surface area contributed by atoms with E-state index in [1.165, 1.54) is 11.1 Å². The van der Waals surface area contributed by atoms with Crippen LogP contribution in [0.2, 0.25) is 0 Å². The zero-order valence-corrected chi connectivity index (χ0v) is 12.9. The Morgan fingerprint density at radius 2 is 2.00 bits per heavy atom. The molecule has 4 nitrogen and oxygen atoms in total. The van der Waals surface area contributed by atoms with Gasteiger partial charge >= 0.3 is 0 Å². The molecule has 3 aromatic rings. The first kappa shape index (κ1) is 13.6. The van der Waals surface area contributed by atoms with Gasteiger partial charge in [0.2, 0.25) is 0 Å². The van der Waals surface area contributed by atoms with E-state index in [4.69, 9.17) is 0 Å². The van der Waals surface area contributed by atoms with Gasteiger partial charge in [-0.1, -0.05) is 6.92 Å². The van der Waals surface area contributed by atoms with E-state index in [0.29, 0.717) is 0 Å². The molecule has 0 radical (unpaired) electrons. The van der Waals surface area contributed by atoms with E-state index in [9.17, 15) is 0 Å². The monoisotopic (exact) mass is 280 g/mol. The Labute approximate surface area is 124 Å². The number of aromatic amines is 1. The molecule has 0 saturated heterocycles. The van der Waals surface area contributed by atoms with Crippen molar-refractivity contribution >= 4 is 22.4 Å². The summed E-state index contributed by atoms with van der Waals surface area (Å²) in [6.45, 7) is 8.41. The topological polar surface area (TPSA) is 53.6 Å². The van der Waals surface area contributed by atoms with Gasteiger partial charge in [0.25, 0.3) is 0 Å². The number of pyridine rings is 1. The molecule has 0 bridgehead atoms. The summed E-state index contributed by atoms with van der Waals surface area (Å²) in [7, 11) is 0. The molecule has 21 heavy (non-hydrogen) atoms. The third-order valence-electron chi connectivity index (χ3n) is 4.09. The van der Waals surface area contributed by atoms with Gasteiger partial charge in [-0.05, 0) is 56.5 Å². The normalized spacial score (nSPS) is 11.0. The van der Waals surface area contributed by atoms with Crippen LogP contribution >= 0.6 is 0 Å². The highest BCUT2D eigenvalue weighted by Gasteiger charge is 2.09. The van der Waals surface area contributed by atoms with Crippen LogP contribution in [0.5, 0.6) is 0 Å². The standard InChI is InChI=1S/C17H20N4/c1-5-13-9-14-15(6-7-18-16(14)8-10(13)2)19-17-11(3)12(4)20-21-17/h6-9H,5H2,1-4H3,(H2,18,19,20,21). The van der Waals surface area contributed by atoms with E-state index in [0.717, 1.165) is 40.1 Å². The Morgan fingerprint density at radius 3 is 2.67 bits per heavy atom. The third-order valence-corrected chi connectivity index (χ3v) is 4.09. The van der Waals surface area contributed by atoms with Gasteiger partial charge in [0.05, 0.1) is 11.2 Å². The molecular weight excluding hydrogens is 260 g/mol. The zero-order valence-electron chi connectivity index (χ0n) is 12.9. The third kappa shape index (κ3) is 2.37. The Bertz CT molecular complexity index is 802. The fourth-order valence-corrected chi connectivity index (χ4v) is 2.57. The van der Waals surface area contributed by atoms with Crippen LogP contribution in [-0.4, -0.2) is 15.2 Å². The van der Waals surface area contributed by atoms with E-state index in [-0.39, 0.29) is 0 Å². The highest BCUT2D eigenvalue weighted by molar-refractivity contribution is 5.93. The predicted molar refractivity (Wildman–Crippen MR) is 87.2 cm³/mol. The largest absolute Gasteiger partial charge is 0.338 e. The van der Waals surface area contributed by atoms with Crippen molar-refractivity contribution in [3.63, 3.8) is 0 Å². The zero-order chi connectivity index (χ0) is 15.0. The van der Waals surface area contributed by atoms with E-state index in [1.807, 2.05) is 19.2 Å². The molecule has 0 aliphatic carbocycles. The van der Waals surface area contributed by atoms with Gasteiger partial charge in [-0.3, -0.25) is 10.1 Å². The van der Waals surface area contributed by atoms with Crippen LogP contribution in [0.4, 0.5) is 11.5 Å². The molecule has 0 amide bonds. The Kier molecular flexibility index (Phi) is 3.37. The number of hydrogen-bond acceptors (Lipinski definition) is 3. The molecule has 4 heteroatoms. The fraction of sp³-hybridized carbons (Fsp3) is 0.294. The molecule has 0 spiro atoms. The SMILES string of the molecule is CCc1cc2c(Nc3n[nH]c(C)c3C)ccnc2cc1C. The Balaban J connectivity index is 2.12. The number of nitrogens with zero attached hydrogens (tertiary/aromatic N) is 2. The fourth-order valence-electron chi connectivity index (χ4n) is 2.57. The molecule has 1 aromatic carbocycles. The van der Waals surface area contributed by atoms with Gasteiger partial charge in [0, 0.05) is 22.8 Å². The first-order valence-electron chi connectivity index (χ1n) is 7.27. The van der Waals surface area contributed by atoms with Crippen molar-refractivity contribution in [2.45, 2.75) is 34.1 Å². The second-order valence-corrected chi connectivity index (χ2v) is 5.46. The summed E-state index contributed by atoms with van der Waals surface area (Å²) >= 11 is 0. The van der Waals surface area contributed by atoms with Gasteiger partial charge in [-0.25, -0.2) is 0 Å². The lowest BCUT2D eigenvalue weighted by atomic mass is 10.0. The molecule has 0 aliphatic rings. The maximum absolute atomic E-state index is 4.48. The van der Waals surface area contributed by atoms with Crippen LogP contribution in [0.3, 0.4) is 0 Å². The number of benzene rings is 1. The van der Waals surface area contributed by atoms with Gasteiger partial charge in [-0.2, -0.15) is 5.10 Å². The lowest BCUT2D eigenvalue weighted by Crippen LogP contribution is -1.96. The first-order valence-corrected chi connectivity index (χ1v) is 7.27. The molecule has 2 aromatic heterocycles. The molecule has 0 saturated carbocycles. The molecular formula is C17H20N4. The number of nitrogens with one attached hydrogen (secondary N) is 2. The van der Waals surface area contributed by atoms with Gasteiger partial charge < -0.3 is 5.32 Å². The highest BCUT2D eigenvalue weighted by Crippen LogP contribution is 2.28. The minimum absolute atomic E-state index is 0.874. The number of aromatic nitrogens is 3. The molecule has 2 heterocycles. The maximum atomic E-state index is 4.48. The molecule has 0 aliphatic heterocycles. The second kappa shape index (κ2) is 5.20. The van der Waals surface area contributed by atoms with E-state index in [2.05, 4.69) is 53.4 Å². The average molecular weight is 280 g/mol. The molecule has 0 fully saturated rings. The number of hydrogen-bond donors (Lipinski definition) is 2. The van der Waals surface area contributed by atoms with Crippen LogP contribution in [0, 0.1) is 20.8 Å². The van der Waals surface area contributed by atoms with E-state index < -0.39 is 0 Å². The molecule has 0 atom stereocenters. The van der Waals surface area contributed by atoms with Crippen molar-refractivity contribution in [3.8, 4) is 0 Å². The van der Waals surface area contributed by atoms with Crippen LogP contribution in [0.25, 0.3) is 10.9 Å². The van der Waals surface area contributed by atoms with Gasteiger partial charge in [0.1, 0.15) is 0 Å². The number of anilines is 2. The first-order chi connectivity index (χ1) is 10.1. The summed E-state index contributed by atoms with van der Waals surface area (Å²) in [5, 5.41) is 11.9. The molecule has 0 unspecified atom stereocenters. The minimum Gasteiger partial charge on any atom is -0.338 e. The number of rotatable bonds is 3. The second-order valence-electron chi connectivity index (χ2n) is 5.46. The van der Waals surface area contributed by atoms with Crippen LogP contribution < -0.4 is 5.32 Å². The van der Waals surface area contributed by atoms with Crippen molar-refractivity contribution in [2.75, 3.05) is 5.32 Å². The summed E-state index contributed by atoms with van der Waals surface area (Å²) in [5.41, 5.74) is 6.93. The lowest BCUT2D eigenvalue weighted by molar-refractivity contribution is 1.05. The van der Waals surface area contributed by atoms with E-state index in [1.54, 1.807) is 0 Å². The van der Waals surface area contributed by atoms with Crippen LogP contribution in [-0.2, 0) is 6.42 Å². The van der Waals surface area contributed by atoms with Gasteiger partial charge in [0.15, 0.2) is 5.82 Å². The highest BCUT2D eigenvalue weighted by atomic mass is 15.2. The van der Waals surface area contributed by atoms with Crippen LogP contribution in [0.1, 0.15) is 29.3 Å². The Morgan fingerprint density at radius 1 is 1.19 bits per heavy atom. The van der Waals surface area contributed by atoms with Crippen molar-refractivity contribution < 1.29 is 0 Å². The quantitative estimate of drug-likeness (QED) is 0.756. The summed E-state index contributed by atoms with van der Waals surface area (Å²) in [6.07, 6.45) is 2.86. The van der Waals surface area contributed by atoms with Crippen molar-refractivity contribution in [1.29, 1.82) is 0 Å². The summed E-state index contributed by atoms with van der Waals surface area (Å²) in [4.78, 5) is 4.48. The smallest absolute Gasteiger partial charge is 0.155 e. The van der Waals surface area contributed by atoms with Crippen LogP contribution in [0.15, 0.2) is 24.4 Å². The molecule has 2 N–H and O–H groups in total. The van der Waals surface area contributed by atoms with E-state index >= 15 is 0 Å². The predicted octanol–water partition coefficient (Wildman–Crippen LogP) is 4.19. The van der Waals surface area contributed by atoms with Gasteiger partial charge in [-0.15, -0.1) is 0 Å². The minimum atomic E-state index is 0.874. The number of H-pyrrole nitrogens is 1. The molecule has 3 rings (SSSR count). The van der Waals surface area contributed by atoms with Crippen molar-refractivity contribution in [1.82, 2.24) is 15.2 Å². The summed E-state index contributed by atoms with van der Waals surface area (Å²) in [6, 6.07) is 6.39.